The molecule has 0 radical (unpaired) electrons. The van der Waals surface area contributed by atoms with Crippen LogP contribution in [0.1, 0.15) is 51.1 Å². The Morgan fingerprint density at radius 2 is 1.88 bits per heavy atom. The molecule has 2 aromatic rings. The molecular formula is C23H27NO2. The SMILES string of the molecule is CCOC(=O)C1=C2CCC(CC2)[C@@H]1NC(C)c1cccc2ccccc12. The Hall–Kier alpha value is -2.13. The van der Waals surface area contributed by atoms with Gasteiger partial charge in [0.05, 0.1) is 12.2 Å². The number of rotatable bonds is 5. The van der Waals surface area contributed by atoms with Crippen molar-refractivity contribution in [2.45, 2.75) is 51.6 Å². The molecule has 1 fully saturated rings. The van der Waals surface area contributed by atoms with Gasteiger partial charge in [-0.3, -0.25) is 0 Å². The molecule has 0 spiro atoms. The molecule has 1 saturated carbocycles. The van der Waals surface area contributed by atoms with Gasteiger partial charge in [0, 0.05) is 12.1 Å². The third-order valence-corrected chi connectivity index (χ3v) is 6.01. The Labute approximate surface area is 155 Å². The second-order valence-electron chi connectivity index (χ2n) is 7.51. The summed E-state index contributed by atoms with van der Waals surface area (Å²) < 4.78 is 5.38. The van der Waals surface area contributed by atoms with Gasteiger partial charge in [-0.25, -0.2) is 4.79 Å². The monoisotopic (exact) mass is 349 g/mol. The highest BCUT2D eigenvalue weighted by molar-refractivity contribution is 5.91. The number of ether oxygens (including phenoxy) is 1. The highest BCUT2D eigenvalue weighted by Crippen LogP contribution is 2.42. The number of hydrogen-bond donors (Lipinski definition) is 1. The van der Waals surface area contributed by atoms with Crippen LogP contribution in [0.5, 0.6) is 0 Å². The van der Waals surface area contributed by atoms with Crippen LogP contribution < -0.4 is 5.32 Å². The van der Waals surface area contributed by atoms with E-state index in [4.69, 9.17) is 4.74 Å². The van der Waals surface area contributed by atoms with Crippen LogP contribution in [0.15, 0.2) is 53.6 Å². The third-order valence-electron chi connectivity index (χ3n) is 6.01. The Balaban J connectivity index is 1.65. The van der Waals surface area contributed by atoms with Gasteiger partial charge in [0.25, 0.3) is 0 Å². The fourth-order valence-electron chi connectivity index (χ4n) is 4.73. The molecule has 2 aromatic carbocycles. The number of nitrogens with one attached hydrogen (secondary N) is 1. The predicted molar refractivity (Wildman–Crippen MR) is 105 cm³/mol. The van der Waals surface area contributed by atoms with Gasteiger partial charge in [-0.1, -0.05) is 48.0 Å². The van der Waals surface area contributed by atoms with Crippen molar-refractivity contribution in [2.75, 3.05) is 6.61 Å². The Kier molecular flexibility index (Phi) is 4.82. The van der Waals surface area contributed by atoms with E-state index in [1.54, 1.807) is 0 Å². The third kappa shape index (κ3) is 3.05. The van der Waals surface area contributed by atoms with Crippen molar-refractivity contribution in [3.05, 3.63) is 59.2 Å². The molecule has 2 atom stereocenters. The predicted octanol–water partition coefficient (Wildman–Crippen LogP) is 4.92. The molecule has 1 unspecified atom stereocenters. The van der Waals surface area contributed by atoms with E-state index in [0.717, 1.165) is 18.4 Å². The number of carbonyl (C=O) groups excluding carboxylic acids is 1. The van der Waals surface area contributed by atoms with Crippen molar-refractivity contribution in [3.8, 4) is 0 Å². The second-order valence-corrected chi connectivity index (χ2v) is 7.51. The van der Waals surface area contributed by atoms with E-state index in [2.05, 4.69) is 54.7 Å². The maximum absolute atomic E-state index is 12.6. The molecule has 1 N–H and O–H groups in total. The van der Waals surface area contributed by atoms with E-state index in [0.29, 0.717) is 12.5 Å². The number of benzene rings is 2. The van der Waals surface area contributed by atoms with Crippen molar-refractivity contribution >= 4 is 16.7 Å². The summed E-state index contributed by atoms with van der Waals surface area (Å²) in [5.41, 5.74) is 3.52. The summed E-state index contributed by atoms with van der Waals surface area (Å²) >= 11 is 0. The zero-order valence-electron chi connectivity index (χ0n) is 15.6. The lowest BCUT2D eigenvalue weighted by molar-refractivity contribution is -0.139. The molecule has 0 aliphatic heterocycles. The zero-order chi connectivity index (χ0) is 18.1. The van der Waals surface area contributed by atoms with E-state index >= 15 is 0 Å². The Bertz CT molecular complexity index is 839. The van der Waals surface area contributed by atoms with Crippen LogP contribution in [-0.4, -0.2) is 18.6 Å². The summed E-state index contributed by atoms with van der Waals surface area (Å²) in [6.45, 7) is 4.52. The minimum absolute atomic E-state index is 0.112. The van der Waals surface area contributed by atoms with Gasteiger partial charge in [-0.05, 0) is 61.8 Å². The van der Waals surface area contributed by atoms with Crippen LogP contribution in [0.3, 0.4) is 0 Å². The molecular weight excluding hydrogens is 322 g/mol. The molecule has 0 saturated heterocycles. The van der Waals surface area contributed by atoms with E-state index < -0.39 is 0 Å². The molecule has 136 valence electrons. The van der Waals surface area contributed by atoms with E-state index in [1.165, 1.54) is 34.8 Å². The van der Waals surface area contributed by atoms with Crippen molar-refractivity contribution < 1.29 is 9.53 Å². The molecule has 3 nitrogen and oxygen atoms in total. The van der Waals surface area contributed by atoms with Crippen LogP contribution in [0, 0.1) is 5.92 Å². The number of fused-ring (bicyclic) bond motifs is 4. The van der Waals surface area contributed by atoms with Gasteiger partial charge in [-0.15, -0.1) is 0 Å². The molecule has 3 heteroatoms. The summed E-state index contributed by atoms with van der Waals surface area (Å²) in [6.07, 6.45) is 4.47. The lowest BCUT2D eigenvalue weighted by Crippen LogP contribution is -2.46. The number of esters is 1. The first-order valence-corrected chi connectivity index (χ1v) is 9.81. The Morgan fingerprint density at radius 3 is 2.65 bits per heavy atom. The van der Waals surface area contributed by atoms with E-state index in [-0.39, 0.29) is 18.1 Å². The molecule has 26 heavy (non-hydrogen) atoms. The quantitative estimate of drug-likeness (QED) is 0.779. The highest BCUT2D eigenvalue weighted by atomic mass is 16.5. The minimum atomic E-state index is -0.116. The normalized spacial score (nSPS) is 23.3. The molecule has 0 amide bonds. The average Bonchev–Trinajstić information content (AvgIpc) is 2.68. The highest BCUT2D eigenvalue weighted by Gasteiger charge is 2.40. The molecule has 0 heterocycles. The van der Waals surface area contributed by atoms with Crippen LogP contribution in [-0.2, 0) is 9.53 Å². The smallest absolute Gasteiger partial charge is 0.335 e. The summed E-state index contributed by atoms with van der Waals surface area (Å²) in [7, 11) is 0. The van der Waals surface area contributed by atoms with E-state index in [9.17, 15) is 4.79 Å². The summed E-state index contributed by atoms with van der Waals surface area (Å²) in [4.78, 5) is 12.6. The standard InChI is InChI=1S/C23H27NO2/c1-3-26-23(25)21-17-11-13-18(14-12-17)22(21)24-15(2)19-10-6-8-16-7-4-5-9-20(16)19/h4-10,15,18,22,24H,3,11-14H2,1-2H3/t15?,22-/m0/s1. The van der Waals surface area contributed by atoms with Crippen molar-refractivity contribution in [1.82, 2.24) is 5.32 Å². The van der Waals surface area contributed by atoms with Crippen LogP contribution in [0.25, 0.3) is 10.8 Å². The maximum Gasteiger partial charge on any atom is 0.335 e. The topological polar surface area (TPSA) is 38.3 Å². The van der Waals surface area contributed by atoms with Gasteiger partial charge in [0.2, 0.25) is 0 Å². The molecule has 0 aromatic heterocycles. The van der Waals surface area contributed by atoms with Gasteiger partial charge in [0.15, 0.2) is 0 Å². The average molecular weight is 349 g/mol. The molecule has 5 rings (SSSR count). The van der Waals surface area contributed by atoms with Crippen LogP contribution >= 0.6 is 0 Å². The fraction of sp³-hybridized carbons (Fsp3) is 0.435. The first kappa shape index (κ1) is 17.3. The Morgan fingerprint density at radius 1 is 1.15 bits per heavy atom. The molecule has 3 aliphatic rings. The fourth-order valence-corrected chi connectivity index (χ4v) is 4.73. The molecule has 2 bridgehead atoms. The summed E-state index contributed by atoms with van der Waals surface area (Å²) in [5, 5.41) is 6.33. The van der Waals surface area contributed by atoms with Gasteiger partial charge in [-0.2, -0.15) is 0 Å². The minimum Gasteiger partial charge on any atom is -0.463 e. The lowest BCUT2D eigenvalue weighted by atomic mass is 9.70. The lowest BCUT2D eigenvalue weighted by Gasteiger charge is -2.41. The van der Waals surface area contributed by atoms with Crippen LogP contribution in [0.2, 0.25) is 0 Å². The van der Waals surface area contributed by atoms with Crippen molar-refractivity contribution in [2.24, 2.45) is 5.92 Å². The summed E-state index contributed by atoms with van der Waals surface area (Å²) in [6, 6.07) is 15.3. The van der Waals surface area contributed by atoms with Gasteiger partial charge >= 0.3 is 5.97 Å². The van der Waals surface area contributed by atoms with Gasteiger partial charge < -0.3 is 10.1 Å². The summed E-state index contributed by atoms with van der Waals surface area (Å²) in [5.74, 6) is 0.416. The van der Waals surface area contributed by atoms with E-state index in [1.807, 2.05) is 6.92 Å². The first-order valence-electron chi connectivity index (χ1n) is 9.81. The second kappa shape index (κ2) is 7.24. The number of hydrogen-bond acceptors (Lipinski definition) is 3. The van der Waals surface area contributed by atoms with Crippen molar-refractivity contribution in [1.29, 1.82) is 0 Å². The number of carbonyl (C=O) groups is 1. The molecule has 3 aliphatic carbocycles. The first-order chi connectivity index (χ1) is 12.7. The number of allylic oxidation sites excluding steroid dienone is 1. The maximum atomic E-state index is 12.6. The van der Waals surface area contributed by atoms with Crippen molar-refractivity contribution in [3.63, 3.8) is 0 Å². The van der Waals surface area contributed by atoms with Gasteiger partial charge in [0.1, 0.15) is 0 Å². The zero-order valence-corrected chi connectivity index (χ0v) is 15.6. The van der Waals surface area contributed by atoms with Crippen LogP contribution in [0.4, 0.5) is 0 Å². The largest absolute Gasteiger partial charge is 0.463 e.